The lowest BCUT2D eigenvalue weighted by atomic mass is 10.2. The van der Waals surface area contributed by atoms with Crippen LogP contribution in [0.15, 0.2) is 41.5 Å². The number of nitrogens with zero attached hydrogens (tertiary/aromatic N) is 3. The lowest BCUT2D eigenvalue weighted by molar-refractivity contribution is 0.0594. The van der Waals surface area contributed by atoms with Crippen LogP contribution in [0, 0.1) is 6.92 Å². The SMILES string of the molecule is COC(=O)c1cc(N2CCOCC2)cc(NN=Cc2cccc(C)c2)n1. The Labute approximate surface area is 152 Å². The number of aromatic nitrogens is 1. The van der Waals surface area contributed by atoms with Gasteiger partial charge in [-0.25, -0.2) is 9.78 Å². The number of hydrogen-bond donors (Lipinski definition) is 1. The van der Waals surface area contributed by atoms with Gasteiger partial charge in [-0.1, -0.05) is 29.8 Å². The number of nitrogens with one attached hydrogen (secondary N) is 1. The highest BCUT2D eigenvalue weighted by Gasteiger charge is 2.16. The Morgan fingerprint density at radius 2 is 2.12 bits per heavy atom. The Bertz CT molecular complexity index is 801. The van der Waals surface area contributed by atoms with Gasteiger partial charge in [-0.2, -0.15) is 5.10 Å². The minimum absolute atomic E-state index is 0.241. The second kappa shape index (κ2) is 8.44. The van der Waals surface area contributed by atoms with E-state index in [9.17, 15) is 4.79 Å². The molecule has 1 aliphatic heterocycles. The fourth-order valence-corrected chi connectivity index (χ4v) is 2.71. The fraction of sp³-hybridized carbons (Fsp3) is 0.316. The van der Waals surface area contributed by atoms with E-state index in [0.717, 1.165) is 29.9 Å². The number of rotatable bonds is 5. The van der Waals surface area contributed by atoms with Crippen molar-refractivity contribution in [3.8, 4) is 0 Å². The Morgan fingerprint density at radius 3 is 2.85 bits per heavy atom. The topological polar surface area (TPSA) is 76.0 Å². The molecule has 0 bridgehead atoms. The van der Waals surface area contributed by atoms with Crippen LogP contribution in [0.4, 0.5) is 11.5 Å². The van der Waals surface area contributed by atoms with Gasteiger partial charge in [-0.15, -0.1) is 0 Å². The summed E-state index contributed by atoms with van der Waals surface area (Å²) >= 11 is 0. The molecular weight excluding hydrogens is 332 g/mol. The molecule has 3 rings (SSSR count). The second-order valence-electron chi connectivity index (χ2n) is 5.97. The van der Waals surface area contributed by atoms with Crippen LogP contribution in [-0.4, -0.2) is 50.6 Å². The summed E-state index contributed by atoms with van der Waals surface area (Å²) in [6, 6.07) is 11.6. The van der Waals surface area contributed by atoms with Crippen LogP contribution < -0.4 is 10.3 Å². The van der Waals surface area contributed by atoms with Gasteiger partial charge >= 0.3 is 5.97 Å². The summed E-state index contributed by atoms with van der Waals surface area (Å²) in [5.41, 5.74) is 6.17. The zero-order valence-electron chi connectivity index (χ0n) is 14.9. The van der Waals surface area contributed by atoms with E-state index in [0.29, 0.717) is 19.0 Å². The average molecular weight is 354 g/mol. The molecule has 1 fully saturated rings. The van der Waals surface area contributed by atoms with Gasteiger partial charge in [0.2, 0.25) is 0 Å². The zero-order valence-corrected chi connectivity index (χ0v) is 14.9. The van der Waals surface area contributed by atoms with Crippen LogP contribution in [-0.2, 0) is 9.47 Å². The van der Waals surface area contributed by atoms with Crippen molar-refractivity contribution in [2.45, 2.75) is 6.92 Å². The first kappa shape index (κ1) is 17.9. The van der Waals surface area contributed by atoms with E-state index >= 15 is 0 Å². The summed E-state index contributed by atoms with van der Waals surface area (Å²) in [6.45, 7) is 4.86. The molecule has 1 N–H and O–H groups in total. The predicted octanol–water partition coefficient (Wildman–Crippen LogP) is 2.46. The molecule has 0 unspecified atom stereocenters. The van der Waals surface area contributed by atoms with Gasteiger partial charge in [-0.3, -0.25) is 5.43 Å². The molecule has 0 spiro atoms. The molecule has 7 heteroatoms. The monoisotopic (exact) mass is 354 g/mol. The molecule has 0 atom stereocenters. The van der Waals surface area contributed by atoms with Crippen molar-refractivity contribution in [2.75, 3.05) is 43.7 Å². The number of morpholine rings is 1. The third kappa shape index (κ3) is 4.58. The van der Waals surface area contributed by atoms with Gasteiger partial charge in [0.05, 0.1) is 26.5 Å². The quantitative estimate of drug-likeness (QED) is 0.505. The summed E-state index contributed by atoms with van der Waals surface area (Å²) in [6.07, 6.45) is 1.72. The van der Waals surface area contributed by atoms with Gasteiger partial charge in [-0.05, 0) is 18.6 Å². The van der Waals surface area contributed by atoms with Crippen LogP contribution in [0.1, 0.15) is 21.6 Å². The molecule has 2 aromatic rings. The largest absolute Gasteiger partial charge is 0.464 e. The molecule has 0 saturated carbocycles. The van der Waals surface area contributed by atoms with Crippen LogP contribution in [0.3, 0.4) is 0 Å². The first-order valence-corrected chi connectivity index (χ1v) is 8.44. The number of benzene rings is 1. The lowest BCUT2D eigenvalue weighted by Gasteiger charge is -2.29. The van der Waals surface area contributed by atoms with E-state index < -0.39 is 5.97 Å². The maximum absolute atomic E-state index is 11.9. The van der Waals surface area contributed by atoms with Gasteiger partial charge in [0.25, 0.3) is 0 Å². The molecule has 0 amide bonds. The van der Waals surface area contributed by atoms with Crippen molar-refractivity contribution in [2.24, 2.45) is 5.10 Å². The number of carbonyl (C=O) groups is 1. The first-order valence-electron chi connectivity index (χ1n) is 8.44. The molecule has 7 nitrogen and oxygen atoms in total. The minimum atomic E-state index is -0.481. The third-order valence-corrected chi connectivity index (χ3v) is 4.02. The first-order chi connectivity index (χ1) is 12.7. The number of anilines is 2. The number of esters is 1. The van der Waals surface area contributed by atoms with Crippen LogP contribution in [0.5, 0.6) is 0 Å². The zero-order chi connectivity index (χ0) is 18.4. The highest BCUT2D eigenvalue weighted by atomic mass is 16.5. The highest BCUT2D eigenvalue weighted by molar-refractivity contribution is 5.89. The number of ether oxygens (including phenoxy) is 2. The summed E-state index contributed by atoms with van der Waals surface area (Å²) in [5.74, 6) is 0.00381. The van der Waals surface area contributed by atoms with Gasteiger partial charge in [0, 0.05) is 24.8 Å². The van der Waals surface area contributed by atoms with Gasteiger partial charge in [0.1, 0.15) is 5.82 Å². The van der Waals surface area contributed by atoms with Gasteiger partial charge in [0.15, 0.2) is 5.69 Å². The number of aryl methyl sites for hydroxylation is 1. The molecular formula is C19H22N4O3. The molecule has 1 aromatic heterocycles. The van der Waals surface area contributed by atoms with Crippen LogP contribution >= 0.6 is 0 Å². The normalized spacial score (nSPS) is 14.5. The molecule has 136 valence electrons. The Hall–Kier alpha value is -2.93. The van der Waals surface area contributed by atoms with E-state index in [1.807, 2.05) is 37.3 Å². The summed E-state index contributed by atoms with van der Waals surface area (Å²) in [5, 5.41) is 4.23. The van der Waals surface area contributed by atoms with Crippen LogP contribution in [0.25, 0.3) is 0 Å². The Kier molecular flexibility index (Phi) is 5.80. The van der Waals surface area contributed by atoms with Crippen molar-refractivity contribution in [1.29, 1.82) is 0 Å². The lowest BCUT2D eigenvalue weighted by Crippen LogP contribution is -2.36. The fourth-order valence-electron chi connectivity index (χ4n) is 2.71. The molecule has 0 aliphatic carbocycles. The van der Waals surface area contributed by atoms with Crippen molar-refractivity contribution in [3.05, 3.63) is 53.2 Å². The Balaban J connectivity index is 1.81. The van der Waals surface area contributed by atoms with Crippen molar-refractivity contribution >= 4 is 23.7 Å². The molecule has 1 saturated heterocycles. The predicted molar refractivity (Wildman–Crippen MR) is 101 cm³/mol. The Morgan fingerprint density at radius 1 is 1.31 bits per heavy atom. The van der Waals surface area contributed by atoms with Crippen molar-refractivity contribution in [1.82, 2.24) is 4.98 Å². The van der Waals surface area contributed by atoms with E-state index in [2.05, 4.69) is 20.4 Å². The average Bonchev–Trinajstić information content (AvgIpc) is 2.68. The summed E-state index contributed by atoms with van der Waals surface area (Å²) in [4.78, 5) is 18.4. The van der Waals surface area contributed by atoms with Crippen molar-refractivity contribution in [3.63, 3.8) is 0 Å². The standard InChI is InChI=1S/C19H22N4O3/c1-14-4-3-5-15(10-14)13-20-22-18-12-16(23-6-8-26-9-7-23)11-17(21-18)19(24)25-2/h3-5,10-13H,6-9H2,1-2H3,(H,21,22). The number of carbonyl (C=O) groups excluding carboxylic acids is 1. The van der Waals surface area contributed by atoms with E-state index in [4.69, 9.17) is 9.47 Å². The van der Waals surface area contributed by atoms with E-state index in [-0.39, 0.29) is 5.69 Å². The molecule has 0 radical (unpaired) electrons. The number of methoxy groups -OCH3 is 1. The number of hydrogen-bond acceptors (Lipinski definition) is 7. The number of hydrazone groups is 1. The highest BCUT2D eigenvalue weighted by Crippen LogP contribution is 2.21. The third-order valence-electron chi connectivity index (χ3n) is 4.02. The molecule has 2 heterocycles. The van der Waals surface area contributed by atoms with Gasteiger partial charge < -0.3 is 14.4 Å². The minimum Gasteiger partial charge on any atom is -0.464 e. The van der Waals surface area contributed by atoms with Crippen LogP contribution in [0.2, 0.25) is 0 Å². The maximum Gasteiger partial charge on any atom is 0.356 e. The summed E-state index contributed by atoms with van der Waals surface area (Å²) in [7, 11) is 1.34. The second-order valence-corrected chi connectivity index (χ2v) is 5.97. The van der Waals surface area contributed by atoms with E-state index in [1.165, 1.54) is 7.11 Å². The molecule has 26 heavy (non-hydrogen) atoms. The van der Waals surface area contributed by atoms with E-state index in [1.54, 1.807) is 12.3 Å². The molecule has 1 aliphatic rings. The summed E-state index contributed by atoms with van der Waals surface area (Å²) < 4.78 is 10.2. The smallest absolute Gasteiger partial charge is 0.356 e. The number of pyridine rings is 1. The maximum atomic E-state index is 11.9. The molecule has 1 aromatic carbocycles. The van der Waals surface area contributed by atoms with Crippen molar-refractivity contribution < 1.29 is 14.3 Å².